The lowest BCUT2D eigenvalue weighted by Crippen LogP contribution is -2.55. The Balaban J connectivity index is 1.77. The molecule has 12 nitrogen and oxygen atoms in total. The summed E-state index contributed by atoms with van der Waals surface area (Å²) in [5.41, 5.74) is 9.71. The zero-order chi connectivity index (χ0) is 20.4. The van der Waals surface area contributed by atoms with E-state index in [0.29, 0.717) is 6.54 Å². The predicted molar refractivity (Wildman–Crippen MR) is 90.9 cm³/mol. The molecule has 4 atom stereocenters. The lowest BCUT2D eigenvalue weighted by Gasteiger charge is -2.39. The number of hydrogen-bond donors (Lipinski definition) is 3. The van der Waals surface area contributed by atoms with Crippen molar-refractivity contribution in [3.63, 3.8) is 0 Å². The number of rotatable bonds is 6. The van der Waals surface area contributed by atoms with E-state index in [1.54, 1.807) is 4.90 Å². The first-order valence-corrected chi connectivity index (χ1v) is 8.69. The van der Waals surface area contributed by atoms with Gasteiger partial charge in [0.15, 0.2) is 5.72 Å². The van der Waals surface area contributed by atoms with Crippen molar-refractivity contribution in [2.75, 3.05) is 26.8 Å². The highest BCUT2D eigenvalue weighted by atomic mass is 16.6. The number of methoxy groups -OCH3 is 1. The van der Waals surface area contributed by atoms with Crippen LogP contribution >= 0.6 is 0 Å². The second kappa shape index (κ2) is 6.01. The molecule has 0 saturated carbocycles. The highest BCUT2D eigenvalue weighted by molar-refractivity contribution is 6.25. The third-order valence-electron chi connectivity index (χ3n) is 5.87. The molecule has 0 radical (unpaired) electrons. The second-order valence-corrected chi connectivity index (χ2v) is 7.12. The number of nitrogens with zero attached hydrogens (tertiary/aromatic N) is 2. The minimum atomic E-state index is -1.10. The molecule has 1 amide bonds. The number of ketones is 2. The van der Waals surface area contributed by atoms with E-state index in [1.165, 1.54) is 7.11 Å². The number of ether oxygens (including phenoxy) is 2. The number of piperazine rings is 1. The van der Waals surface area contributed by atoms with Crippen LogP contribution in [0.4, 0.5) is 4.79 Å². The number of carbonyl (C=O) groups excluding carboxylic acids is 3. The van der Waals surface area contributed by atoms with Crippen LogP contribution in [0.15, 0.2) is 22.5 Å². The van der Waals surface area contributed by atoms with Gasteiger partial charge in [-0.3, -0.25) is 19.7 Å². The fourth-order valence-electron chi connectivity index (χ4n) is 4.69. The number of allylic oxidation sites excluding steroid dienone is 2. The van der Waals surface area contributed by atoms with Crippen LogP contribution < -0.4 is 16.8 Å². The van der Waals surface area contributed by atoms with Crippen molar-refractivity contribution in [1.29, 1.82) is 0 Å². The van der Waals surface area contributed by atoms with Crippen LogP contribution in [0.5, 0.6) is 0 Å². The maximum atomic E-state index is 13.2. The van der Waals surface area contributed by atoms with E-state index in [-0.39, 0.29) is 47.7 Å². The number of fused-ring (bicyclic) bond motifs is 4. The third kappa shape index (κ3) is 2.27. The Kier molecular flexibility index (Phi) is 3.94. The molecule has 0 aromatic heterocycles. The molecule has 0 unspecified atom stereocenters. The minimum Gasteiger partial charge on any atom is -0.449 e. The number of primary amides is 1. The number of Topliss-reactive ketones (excluding diaryl/α,β-unsaturated/α-hetero) is 2. The highest BCUT2D eigenvalue weighted by Crippen LogP contribution is 2.55. The monoisotopic (exact) mass is 393 g/mol. The van der Waals surface area contributed by atoms with Crippen LogP contribution in [0.1, 0.15) is 6.42 Å². The van der Waals surface area contributed by atoms with Gasteiger partial charge in [0, 0.05) is 42.2 Å². The van der Waals surface area contributed by atoms with Crippen LogP contribution in [0.25, 0.3) is 0 Å². The molecular formula is C16H19N5O7. The first-order chi connectivity index (χ1) is 13.2. The molecule has 28 heavy (non-hydrogen) atoms. The van der Waals surface area contributed by atoms with Crippen LogP contribution in [-0.2, 0) is 19.1 Å². The standard InChI is InChI=1S/C16H19N5O7/c1-27-16-7(5-28-15(18)24)9-11(20(16)4-8-14(16)19-8)12(22)6(2-3-21(25)26)10(17)13(9)23/h7-8,14,19H,2-5,17H2,1H3,(H2,18,24)/t7-,8+,14+,16-/m1/s1. The van der Waals surface area contributed by atoms with Crippen LogP contribution in [0, 0.1) is 16.0 Å². The lowest BCUT2D eigenvalue weighted by atomic mass is 9.82. The summed E-state index contributed by atoms with van der Waals surface area (Å²) in [7, 11) is 1.45. The van der Waals surface area contributed by atoms with E-state index < -0.39 is 40.8 Å². The summed E-state index contributed by atoms with van der Waals surface area (Å²) < 4.78 is 10.8. The SMILES string of the molecule is CO[C@@]12[C@H](COC(N)=O)C3=C(C(=O)C(CC[N+](=O)[O-])=C(N)C3=O)N1C[C@@H]1N[C@@H]12. The lowest BCUT2D eigenvalue weighted by molar-refractivity contribution is -0.479. The quantitative estimate of drug-likeness (QED) is 0.197. The fraction of sp³-hybridized carbons (Fsp3) is 0.562. The number of nitro groups is 1. The fourth-order valence-corrected chi connectivity index (χ4v) is 4.69. The van der Waals surface area contributed by atoms with Crippen molar-refractivity contribution in [3.05, 3.63) is 32.7 Å². The largest absolute Gasteiger partial charge is 0.449 e. The van der Waals surface area contributed by atoms with Crippen LogP contribution in [0.2, 0.25) is 0 Å². The van der Waals surface area contributed by atoms with E-state index in [0.717, 1.165) is 0 Å². The van der Waals surface area contributed by atoms with Gasteiger partial charge in [0.25, 0.3) is 0 Å². The number of carbonyl (C=O) groups is 3. The maximum absolute atomic E-state index is 13.2. The molecule has 0 bridgehead atoms. The molecule has 4 rings (SSSR count). The molecule has 2 saturated heterocycles. The summed E-state index contributed by atoms with van der Waals surface area (Å²) >= 11 is 0. The summed E-state index contributed by atoms with van der Waals surface area (Å²) in [6, 6.07) is -0.118. The Hall–Kier alpha value is -2.99. The second-order valence-electron chi connectivity index (χ2n) is 7.12. The van der Waals surface area contributed by atoms with Crippen molar-refractivity contribution in [3.8, 4) is 0 Å². The van der Waals surface area contributed by atoms with E-state index in [9.17, 15) is 24.5 Å². The van der Waals surface area contributed by atoms with Crippen molar-refractivity contribution in [1.82, 2.24) is 10.2 Å². The number of hydrogen-bond acceptors (Lipinski definition) is 10. The van der Waals surface area contributed by atoms with Crippen LogP contribution in [-0.4, -0.2) is 72.1 Å². The van der Waals surface area contributed by atoms with Crippen molar-refractivity contribution in [2.24, 2.45) is 17.4 Å². The summed E-state index contributed by atoms with van der Waals surface area (Å²) in [6.45, 7) is -0.375. The summed E-state index contributed by atoms with van der Waals surface area (Å²) in [5.74, 6) is -1.91. The molecule has 5 N–H and O–H groups in total. The van der Waals surface area contributed by atoms with Crippen molar-refractivity contribution >= 4 is 17.7 Å². The van der Waals surface area contributed by atoms with E-state index in [4.69, 9.17) is 20.9 Å². The van der Waals surface area contributed by atoms with Gasteiger partial charge < -0.3 is 31.2 Å². The number of nitrogens with two attached hydrogens (primary N) is 2. The Morgan fingerprint density at radius 3 is 2.75 bits per heavy atom. The van der Waals surface area contributed by atoms with Crippen molar-refractivity contribution in [2.45, 2.75) is 24.2 Å². The molecule has 0 aromatic carbocycles. The maximum Gasteiger partial charge on any atom is 0.404 e. The molecule has 0 spiro atoms. The van der Waals surface area contributed by atoms with Gasteiger partial charge in [-0.25, -0.2) is 4.79 Å². The van der Waals surface area contributed by atoms with Gasteiger partial charge in [-0.15, -0.1) is 0 Å². The average Bonchev–Trinajstić information content (AvgIpc) is 3.24. The molecule has 3 aliphatic heterocycles. The Morgan fingerprint density at radius 1 is 1.43 bits per heavy atom. The van der Waals surface area contributed by atoms with Gasteiger partial charge in [-0.1, -0.05) is 0 Å². The molecular weight excluding hydrogens is 374 g/mol. The third-order valence-corrected chi connectivity index (χ3v) is 5.87. The van der Waals surface area contributed by atoms with E-state index in [2.05, 4.69) is 5.32 Å². The normalized spacial score (nSPS) is 33.0. The zero-order valence-corrected chi connectivity index (χ0v) is 15.0. The number of nitrogens with one attached hydrogen (secondary N) is 1. The minimum absolute atomic E-state index is 0.0541. The van der Waals surface area contributed by atoms with Gasteiger partial charge >= 0.3 is 6.09 Å². The molecule has 4 aliphatic rings. The molecule has 3 heterocycles. The van der Waals surface area contributed by atoms with Gasteiger partial charge in [-0.05, 0) is 0 Å². The predicted octanol–water partition coefficient (Wildman–Crippen LogP) is -2.00. The summed E-state index contributed by atoms with van der Waals surface area (Å²) in [6.07, 6.45) is -1.27. The average molecular weight is 393 g/mol. The Morgan fingerprint density at radius 2 is 2.14 bits per heavy atom. The molecule has 0 aromatic rings. The molecule has 1 aliphatic carbocycles. The smallest absolute Gasteiger partial charge is 0.404 e. The zero-order valence-electron chi connectivity index (χ0n) is 15.0. The topological polar surface area (TPSA) is 190 Å². The summed E-state index contributed by atoms with van der Waals surface area (Å²) in [4.78, 5) is 49.2. The Bertz CT molecular complexity index is 881. The molecule has 2 fully saturated rings. The molecule has 150 valence electrons. The highest BCUT2D eigenvalue weighted by Gasteiger charge is 2.72. The van der Waals surface area contributed by atoms with Gasteiger partial charge in [0.05, 0.1) is 23.4 Å². The Labute approximate surface area is 158 Å². The van der Waals surface area contributed by atoms with Crippen molar-refractivity contribution < 1.29 is 28.8 Å². The molecule has 12 heteroatoms. The van der Waals surface area contributed by atoms with Gasteiger partial charge in [-0.2, -0.15) is 0 Å². The van der Waals surface area contributed by atoms with E-state index in [1.807, 2.05) is 0 Å². The first-order valence-electron chi connectivity index (χ1n) is 8.69. The number of amides is 1. The van der Waals surface area contributed by atoms with Crippen LogP contribution in [0.3, 0.4) is 0 Å². The summed E-state index contributed by atoms with van der Waals surface area (Å²) in [5, 5.41) is 14.0. The van der Waals surface area contributed by atoms with E-state index >= 15 is 0 Å². The first kappa shape index (κ1) is 18.4. The van der Waals surface area contributed by atoms with Gasteiger partial charge in [0.1, 0.15) is 6.61 Å². The van der Waals surface area contributed by atoms with Gasteiger partial charge in [0.2, 0.25) is 18.1 Å².